The number of rotatable bonds is 5. The van der Waals surface area contributed by atoms with Crippen molar-refractivity contribution in [3.8, 4) is 0 Å². The first kappa shape index (κ1) is 19.5. The molecule has 2 saturated heterocycles. The minimum Gasteiger partial charge on any atom is -0.376 e. The zero-order chi connectivity index (χ0) is 20.5. The first-order valence-corrected chi connectivity index (χ1v) is 9.86. The van der Waals surface area contributed by atoms with Crippen LogP contribution in [0.1, 0.15) is 43.9 Å². The summed E-state index contributed by atoms with van der Waals surface area (Å²) < 4.78 is 5.54. The van der Waals surface area contributed by atoms with Crippen LogP contribution in [0.15, 0.2) is 18.2 Å². The number of carbonyl (C=O) groups excluding carboxylic acids is 4. The van der Waals surface area contributed by atoms with E-state index in [1.54, 1.807) is 17.0 Å². The van der Waals surface area contributed by atoms with E-state index in [0.717, 1.165) is 12.8 Å². The molecule has 0 spiro atoms. The molecule has 1 atom stereocenters. The molecule has 3 aliphatic rings. The number of fused-ring (bicyclic) bond motifs is 1. The SMILES string of the molecule is NC(=O)CN1CCN(C(=O)c2ccc3c(c2)C(=O)N(C[C@H]2CCCO2)C3=O)CC1. The Labute approximate surface area is 168 Å². The zero-order valence-electron chi connectivity index (χ0n) is 16.1. The normalized spacial score (nSPS) is 22.3. The maximum atomic E-state index is 12.9. The van der Waals surface area contributed by atoms with Gasteiger partial charge in [0.2, 0.25) is 5.91 Å². The van der Waals surface area contributed by atoms with E-state index in [-0.39, 0.29) is 48.4 Å². The van der Waals surface area contributed by atoms with Crippen molar-refractivity contribution in [1.29, 1.82) is 0 Å². The van der Waals surface area contributed by atoms with Crippen molar-refractivity contribution in [2.75, 3.05) is 45.9 Å². The van der Waals surface area contributed by atoms with Crippen molar-refractivity contribution in [3.63, 3.8) is 0 Å². The van der Waals surface area contributed by atoms with Crippen molar-refractivity contribution >= 4 is 23.6 Å². The number of hydrogen-bond acceptors (Lipinski definition) is 6. The predicted octanol–water partition coefficient (Wildman–Crippen LogP) is -0.295. The molecule has 1 aromatic rings. The Kier molecular flexibility index (Phi) is 5.33. The van der Waals surface area contributed by atoms with Gasteiger partial charge in [0.25, 0.3) is 17.7 Å². The average Bonchev–Trinajstić information content (AvgIpc) is 3.30. The molecule has 3 heterocycles. The fraction of sp³-hybridized carbons (Fsp3) is 0.500. The van der Waals surface area contributed by atoms with Crippen molar-refractivity contribution in [2.45, 2.75) is 18.9 Å². The van der Waals surface area contributed by atoms with Gasteiger partial charge in [-0.25, -0.2) is 0 Å². The van der Waals surface area contributed by atoms with E-state index in [0.29, 0.717) is 43.9 Å². The van der Waals surface area contributed by atoms with Crippen molar-refractivity contribution in [2.24, 2.45) is 5.73 Å². The third-order valence-electron chi connectivity index (χ3n) is 5.67. The summed E-state index contributed by atoms with van der Waals surface area (Å²) in [6.07, 6.45) is 1.65. The number of hydrogen-bond donors (Lipinski definition) is 1. The largest absolute Gasteiger partial charge is 0.376 e. The smallest absolute Gasteiger partial charge is 0.261 e. The summed E-state index contributed by atoms with van der Waals surface area (Å²) in [5.41, 5.74) is 6.20. The van der Waals surface area contributed by atoms with Crippen LogP contribution in [-0.2, 0) is 9.53 Å². The lowest BCUT2D eigenvalue weighted by atomic mass is 10.0. The maximum absolute atomic E-state index is 12.9. The van der Waals surface area contributed by atoms with Crippen LogP contribution in [0, 0.1) is 0 Å². The van der Waals surface area contributed by atoms with Crippen LogP contribution in [0.2, 0.25) is 0 Å². The zero-order valence-corrected chi connectivity index (χ0v) is 16.1. The van der Waals surface area contributed by atoms with E-state index < -0.39 is 0 Å². The lowest BCUT2D eigenvalue weighted by molar-refractivity contribution is -0.119. The second-order valence-electron chi connectivity index (χ2n) is 7.65. The van der Waals surface area contributed by atoms with Crippen LogP contribution in [0.3, 0.4) is 0 Å². The van der Waals surface area contributed by atoms with E-state index in [9.17, 15) is 19.2 Å². The molecule has 1 aromatic carbocycles. The minimum absolute atomic E-state index is 0.116. The predicted molar refractivity (Wildman–Crippen MR) is 102 cm³/mol. The molecule has 0 aromatic heterocycles. The molecule has 4 rings (SSSR count). The Morgan fingerprint density at radius 1 is 1.07 bits per heavy atom. The van der Waals surface area contributed by atoms with Crippen LogP contribution in [0.25, 0.3) is 0 Å². The molecule has 154 valence electrons. The van der Waals surface area contributed by atoms with Gasteiger partial charge >= 0.3 is 0 Å². The van der Waals surface area contributed by atoms with Crippen LogP contribution in [-0.4, -0.2) is 90.3 Å². The fourth-order valence-electron chi connectivity index (χ4n) is 4.09. The fourth-order valence-corrected chi connectivity index (χ4v) is 4.09. The van der Waals surface area contributed by atoms with Crippen molar-refractivity contribution < 1.29 is 23.9 Å². The Hall–Kier alpha value is -2.78. The summed E-state index contributed by atoms with van der Waals surface area (Å²) in [6.45, 7) is 3.15. The summed E-state index contributed by atoms with van der Waals surface area (Å²) >= 11 is 0. The van der Waals surface area contributed by atoms with Gasteiger partial charge in [0, 0.05) is 38.3 Å². The molecule has 2 fully saturated rings. The van der Waals surface area contributed by atoms with Crippen LogP contribution < -0.4 is 5.73 Å². The van der Waals surface area contributed by atoms with Gasteiger partial charge in [-0.1, -0.05) is 0 Å². The second kappa shape index (κ2) is 7.92. The molecule has 4 amide bonds. The Balaban J connectivity index is 1.44. The van der Waals surface area contributed by atoms with E-state index in [2.05, 4.69) is 0 Å². The van der Waals surface area contributed by atoms with Crippen molar-refractivity contribution in [3.05, 3.63) is 34.9 Å². The van der Waals surface area contributed by atoms with Crippen LogP contribution in [0.4, 0.5) is 0 Å². The summed E-state index contributed by atoms with van der Waals surface area (Å²) in [4.78, 5) is 54.1. The summed E-state index contributed by atoms with van der Waals surface area (Å²) in [6, 6.07) is 4.67. The number of imide groups is 1. The molecule has 9 nitrogen and oxygen atoms in total. The Morgan fingerprint density at radius 2 is 1.79 bits per heavy atom. The summed E-state index contributed by atoms with van der Waals surface area (Å²) in [7, 11) is 0. The summed E-state index contributed by atoms with van der Waals surface area (Å²) in [5.74, 6) is -1.29. The topological polar surface area (TPSA) is 113 Å². The van der Waals surface area contributed by atoms with Gasteiger partial charge in [0.15, 0.2) is 0 Å². The standard InChI is InChI=1S/C20H24N4O5/c21-17(25)12-22-5-7-23(8-6-22)18(26)13-3-4-15-16(10-13)20(28)24(19(15)27)11-14-2-1-9-29-14/h3-4,10,14H,1-2,5-9,11-12H2,(H2,21,25)/t14-/m1/s1. The number of piperazine rings is 1. The molecule has 0 aliphatic carbocycles. The molecular weight excluding hydrogens is 376 g/mol. The van der Waals surface area contributed by atoms with Gasteiger partial charge < -0.3 is 15.4 Å². The van der Waals surface area contributed by atoms with Gasteiger partial charge in [-0.3, -0.25) is 29.0 Å². The highest BCUT2D eigenvalue weighted by atomic mass is 16.5. The molecule has 0 radical (unpaired) electrons. The highest BCUT2D eigenvalue weighted by Gasteiger charge is 2.38. The van der Waals surface area contributed by atoms with Crippen LogP contribution >= 0.6 is 0 Å². The number of ether oxygens (including phenoxy) is 1. The molecule has 0 unspecified atom stereocenters. The van der Waals surface area contributed by atoms with Gasteiger partial charge in [-0.15, -0.1) is 0 Å². The van der Waals surface area contributed by atoms with Gasteiger partial charge in [0.05, 0.1) is 30.3 Å². The molecule has 0 saturated carbocycles. The average molecular weight is 400 g/mol. The monoisotopic (exact) mass is 400 g/mol. The van der Waals surface area contributed by atoms with Gasteiger partial charge in [-0.05, 0) is 31.0 Å². The van der Waals surface area contributed by atoms with Gasteiger partial charge in [-0.2, -0.15) is 0 Å². The lowest BCUT2D eigenvalue weighted by Gasteiger charge is -2.34. The van der Waals surface area contributed by atoms with Crippen LogP contribution in [0.5, 0.6) is 0 Å². The Morgan fingerprint density at radius 3 is 2.45 bits per heavy atom. The van der Waals surface area contributed by atoms with E-state index in [4.69, 9.17) is 10.5 Å². The quantitative estimate of drug-likeness (QED) is 0.680. The number of nitrogens with two attached hydrogens (primary N) is 1. The second-order valence-corrected chi connectivity index (χ2v) is 7.65. The third kappa shape index (κ3) is 3.88. The van der Waals surface area contributed by atoms with E-state index >= 15 is 0 Å². The Bertz CT molecular complexity index is 856. The molecule has 9 heteroatoms. The van der Waals surface area contributed by atoms with Gasteiger partial charge in [0.1, 0.15) is 0 Å². The lowest BCUT2D eigenvalue weighted by Crippen LogP contribution is -2.50. The number of primary amides is 1. The first-order chi connectivity index (χ1) is 13.9. The summed E-state index contributed by atoms with van der Waals surface area (Å²) in [5, 5.41) is 0. The van der Waals surface area contributed by atoms with E-state index in [1.165, 1.54) is 11.0 Å². The molecule has 2 N–H and O–H groups in total. The van der Waals surface area contributed by atoms with E-state index in [1.807, 2.05) is 4.90 Å². The number of nitrogens with zero attached hydrogens (tertiary/aromatic N) is 3. The third-order valence-corrected chi connectivity index (χ3v) is 5.67. The number of amides is 4. The minimum atomic E-state index is -0.390. The highest BCUT2D eigenvalue weighted by molar-refractivity contribution is 6.22. The maximum Gasteiger partial charge on any atom is 0.261 e. The molecule has 29 heavy (non-hydrogen) atoms. The first-order valence-electron chi connectivity index (χ1n) is 9.86. The molecule has 3 aliphatic heterocycles. The molecular formula is C20H24N4O5. The number of carbonyl (C=O) groups is 4. The van der Waals surface area contributed by atoms with Crippen molar-refractivity contribution in [1.82, 2.24) is 14.7 Å². The molecule has 0 bridgehead atoms. The highest BCUT2D eigenvalue weighted by Crippen LogP contribution is 2.26. The number of benzene rings is 1.